The molecular weight excluding hydrogens is 452 g/mol. The molecule has 0 aliphatic heterocycles. The first kappa shape index (κ1) is 29.4. The molecule has 0 unspecified atom stereocenters. The van der Waals surface area contributed by atoms with Gasteiger partial charge in [0.2, 0.25) is 0 Å². The Morgan fingerprint density at radius 1 is 0.968 bits per heavy atom. The Balaban J connectivity index is 0.000000752. The maximum absolute atomic E-state index is 8.88. The first-order valence-corrected chi connectivity index (χ1v) is 12.3. The van der Waals surface area contributed by atoms with Crippen LogP contribution in [0.4, 0.5) is 5.69 Å². The van der Waals surface area contributed by atoms with Crippen molar-refractivity contribution in [3.05, 3.63) is 30.0 Å². The molecule has 1 aromatic carbocycles. The number of hydrogen-bond donors (Lipinski definition) is 8. The first-order valence-electron chi connectivity index (χ1n) is 9.14. The molecule has 0 radical (unpaired) electrons. The van der Waals surface area contributed by atoms with Gasteiger partial charge in [0.15, 0.2) is 0 Å². The lowest BCUT2D eigenvalue weighted by molar-refractivity contribution is 0.272. The number of anilines is 1. The summed E-state index contributed by atoms with van der Waals surface area (Å²) >= 11 is 0. The minimum atomic E-state index is -4.64. The van der Waals surface area contributed by atoms with Crippen LogP contribution in [0.1, 0.15) is 24.8 Å². The van der Waals surface area contributed by atoms with Crippen molar-refractivity contribution in [1.82, 2.24) is 10.3 Å². The van der Waals surface area contributed by atoms with Gasteiger partial charge >= 0.3 is 15.6 Å². The second-order valence-corrected chi connectivity index (χ2v) is 8.37. The quantitative estimate of drug-likeness (QED) is 0.199. The smallest absolute Gasteiger partial charge is 0.466 e. The van der Waals surface area contributed by atoms with Crippen molar-refractivity contribution in [2.45, 2.75) is 26.2 Å². The number of benzene rings is 1. The second kappa shape index (κ2) is 14.5. The average molecular weight is 483 g/mol. The molecule has 0 fully saturated rings. The molecule has 0 spiro atoms. The number of aryl methyl sites for hydroxylation is 1. The van der Waals surface area contributed by atoms with Gasteiger partial charge in [0.25, 0.3) is 0 Å². The summed E-state index contributed by atoms with van der Waals surface area (Å²) in [6.45, 7) is 4.15. The number of ether oxygens (including phenoxy) is 1. The molecule has 0 saturated heterocycles. The van der Waals surface area contributed by atoms with E-state index in [1.54, 1.807) is 7.11 Å². The zero-order chi connectivity index (χ0) is 24.1. The molecule has 2 rings (SSSR count). The SMILES string of the molecule is CNCCCCCNc1cc(OC)cc2c(C)ccnc12.O=P(O)(O)O.O=P(O)(O)O. The highest BCUT2D eigenvalue weighted by Gasteiger charge is 2.07. The lowest BCUT2D eigenvalue weighted by atomic mass is 10.1. The van der Waals surface area contributed by atoms with Crippen LogP contribution >= 0.6 is 15.6 Å². The van der Waals surface area contributed by atoms with E-state index < -0.39 is 15.6 Å². The average Bonchev–Trinajstić information content (AvgIpc) is 2.62. The number of hydrogen-bond acceptors (Lipinski definition) is 6. The van der Waals surface area contributed by atoms with Crippen LogP contribution in [0.3, 0.4) is 0 Å². The third-order valence-electron chi connectivity index (χ3n) is 3.69. The molecule has 14 heteroatoms. The maximum atomic E-state index is 8.88. The molecule has 0 bridgehead atoms. The summed E-state index contributed by atoms with van der Waals surface area (Å²) in [5.41, 5.74) is 3.30. The van der Waals surface area contributed by atoms with Crippen LogP contribution in [0.2, 0.25) is 0 Å². The predicted molar refractivity (Wildman–Crippen MR) is 118 cm³/mol. The lowest BCUT2D eigenvalue weighted by Crippen LogP contribution is -2.08. The molecule has 0 atom stereocenters. The Kier molecular flexibility index (Phi) is 13.7. The molecule has 178 valence electrons. The number of rotatable bonds is 8. The number of pyridine rings is 1. The van der Waals surface area contributed by atoms with Gasteiger partial charge in [0, 0.05) is 24.2 Å². The molecule has 12 nitrogen and oxygen atoms in total. The van der Waals surface area contributed by atoms with Crippen molar-refractivity contribution >= 4 is 32.2 Å². The van der Waals surface area contributed by atoms with Crippen molar-refractivity contribution in [1.29, 1.82) is 0 Å². The van der Waals surface area contributed by atoms with Crippen LogP contribution in [0.5, 0.6) is 5.75 Å². The zero-order valence-electron chi connectivity index (χ0n) is 17.6. The van der Waals surface area contributed by atoms with E-state index in [4.69, 9.17) is 43.2 Å². The number of phosphoric acid groups is 2. The standard InChI is InChI=1S/C17H25N3O.2H3O4P/c1-13-7-10-20-17-15(13)11-14(21-3)12-16(17)19-9-6-4-5-8-18-2;2*1-5(2,3)4/h7,10-12,18-19H,4-6,8-9H2,1-3H3;2*(H3,1,2,3,4). The number of methoxy groups -OCH3 is 1. The number of unbranched alkanes of at least 4 members (excludes halogenated alkanes) is 2. The van der Waals surface area contributed by atoms with E-state index in [-0.39, 0.29) is 0 Å². The Bertz CT molecular complexity index is 850. The van der Waals surface area contributed by atoms with Crippen LogP contribution < -0.4 is 15.4 Å². The Morgan fingerprint density at radius 3 is 2.03 bits per heavy atom. The third kappa shape index (κ3) is 16.7. The fourth-order valence-corrected chi connectivity index (χ4v) is 2.44. The van der Waals surface area contributed by atoms with Crippen LogP contribution in [0.25, 0.3) is 10.9 Å². The summed E-state index contributed by atoms with van der Waals surface area (Å²) in [4.78, 5) is 47.6. The van der Waals surface area contributed by atoms with Gasteiger partial charge in [-0.25, -0.2) is 9.13 Å². The molecule has 0 saturated carbocycles. The molecule has 1 aromatic heterocycles. The summed E-state index contributed by atoms with van der Waals surface area (Å²) < 4.78 is 23.2. The van der Waals surface area contributed by atoms with Crippen LogP contribution in [-0.2, 0) is 9.13 Å². The minimum absolute atomic E-state index is 0.872. The van der Waals surface area contributed by atoms with Crippen LogP contribution in [0.15, 0.2) is 24.4 Å². The molecule has 1 heterocycles. The number of aromatic nitrogens is 1. The van der Waals surface area contributed by atoms with Crippen molar-refractivity contribution < 1.29 is 43.2 Å². The number of fused-ring (bicyclic) bond motifs is 1. The monoisotopic (exact) mass is 483 g/mol. The molecule has 0 aliphatic rings. The molecule has 0 aliphatic carbocycles. The lowest BCUT2D eigenvalue weighted by Gasteiger charge is -2.12. The largest absolute Gasteiger partial charge is 0.497 e. The third-order valence-corrected chi connectivity index (χ3v) is 3.69. The van der Waals surface area contributed by atoms with Crippen LogP contribution in [-0.4, -0.2) is 61.6 Å². The van der Waals surface area contributed by atoms with Crippen molar-refractivity contribution in [2.24, 2.45) is 0 Å². The van der Waals surface area contributed by atoms with E-state index >= 15 is 0 Å². The number of nitrogens with zero attached hydrogens (tertiary/aromatic N) is 1. The van der Waals surface area contributed by atoms with Gasteiger partial charge in [-0.1, -0.05) is 6.42 Å². The maximum Gasteiger partial charge on any atom is 0.466 e. The van der Waals surface area contributed by atoms with E-state index in [2.05, 4.69) is 28.6 Å². The molecule has 31 heavy (non-hydrogen) atoms. The van der Waals surface area contributed by atoms with Gasteiger partial charge in [-0.15, -0.1) is 0 Å². The van der Waals surface area contributed by atoms with Gasteiger partial charge < -0.3 is 44.7 Å². The van der Waals surface area contributed by atoms with E-state index in [9.17, 15) is 0 Å². The van der Waals surface area contributed by atoms with Crippen molar-refractivity contribution in [2.75, 3.05) is 32.6 Å². The van der Waals surface area contributed by atoms with E-state index in [1.165, 1.54) is 18.4 Å². The van der Waals surface area contributed by atoms with E-state index in [1.807, 2.05) is 25.4 Å². The summed E-state index contributed by atoms with van der Waals surface area (Å²) in [5.74, 6) is 0.872. The highest BCUT2D eigenvalue weighted by Crippen LogP contribution is 2.30. The van der Waals surface area contributed by atoms with Gasteiger partial charge in [-0.05, 0) is 51.1 Å². The molecule has 8 N–H and O–H groups in total. The Hall–Kier alpha value is -1.59. The molecule has 2 aromatic rings. The van der Waals surface area contributed by atoms with Crippen LogP contribution in [0, 0.1) is 6.92 Å². The zero-order valence-corrected chi connectivity index (χ0v) is 19.4. The normalized spacial score (nSPS) is 11.1. The molecular formula is C17H31N3O9P2. The Morgan fingerprint density at radius 2 is 1.52 bits per heavy atom. The van der Waals surface area contributed by atoms with Gasteiger partial charge in [-0.2, -0.15) is 0 Å². The first-order chi connectivity index (χ1) is 14.3. The summed E-state index contributed by atoms with van der Waals surface area (Å²) in [5, 5.41) is 7.83. The Labute approximate surface area is 180 Å². The fraction of sp³-hybridized carbons (Fsp3) is 0.471. The second-order valence-electron chi connectivity index (χ2n) is 6.32. The van der Waals surface area contributed by atoms with Gasteiger partial charge in [-0.3, -0.25) is 4.98 Å². The highest BCUT2D eigenvalue weighted by atomic mass is 31.2. The topological polar surface area (TPSA) is 202 Å². The minimum Gasteiger partial charge on any atom is -0.497 e. The van der Waals surface area contributed by atoms with Crippen molar-refractivity contribution in [3.63, 3.8) is 0 Å². The van der Waals surface area contributed by atoms with Gasteiger partial charge in [0.1, 0.15) is 5.75 Å². The fourth-order valence-electron chi connectivity index (χ4n) is 2.44. The van der Waals surface area contributed by atoms with E-state index in [0.29, 0.717) is 0 Å². The summed E-state index contributed by atoms with van der Waals surface area (Å²) in [6, 6.07) is 6.11. The van der Waals surface area contributed by atoms with Gasteiger partial charge in [0.05, 0.1) is 18.3 Å². The number of nitrogens with one attached hydrogen (secondary N) is 2. The summed E-state index contributed by atoms with van der Waals surface area (Å²) in [6.07, 6.45) is 5.46. The summed E-state index contributed by atoms with van der Waals surface area (Å²) in [7, 11) is -5.58. The molecule has 0 amide bonds. The van der Waals surface area contributed by atoms with Crippen molar-refractivity contribution in [3.8, 4) is 5.75 Å². The highest BCUT2D eigenvalue weighted by molar-refractivity contribution is 7.45. The van der Waals surface area contributed by atoms with E-state index in [0.717, 1.165) is 41.9 Å². The predicted octanol–water partition coefficient (Wildman–Crippen LogP) is 1.50.